The molecule has 1 aliphatic heterocycles. The number of rotatable bonds is 9. The fraction of sp³-hybridized carbons (Fsp3) is 0.611. The highest BCUT2D eigenvalue weighted by Crippen LogP contribution is 2.36. The minimum absolute atomic E-state index is 0.000256. The predicted molar refractivity (Wildman–Crippen MR) is 120 cm³/mol. The van der Waals surface area contributed by atoms with Gasteiger partial charge >= 0.3 is 0 Å². The third kappa shape index (κ3) is 9.30. The fourth-order valence-corrected chi connectivity index (χ4v) is 3.44. The molecule has 1 aliphatic rings. The van der Waals surface area contributed by atoms with Gasteiger partial charge in [0.05, 0.1) is 13.2 Å². The van der Waals surface area contributed by atoms with Crippen molar-refractivity contribution in [3.8, 4) is 12.3 Å². The molecule has 2 atom stereocenters. The van der Waals surface area contributed by atoms with Gasteiger partial charge in [0.2, 0.25) is 5.91 Å². The summed E-state index contributed by atoms with van der Waals surface area (Å²) in [5, 5.41) is 2.55. The molecule has 168 valence electrons. The number of hydrogen-bond donors (Lipinski definition) is 1. The molecule has 0 aliphatic carbocycles. The first-order valence-corrected chi connectivity index (χ1v) is 11.0. The average Bonchev–Trinajstić information content (AvgIpc) is 2.95. The molecule has 0 saturated carbocycles. The van der Waals surface area contributed by atoms with Crippen molar-refractivity contribution < 1.29 is 19.1 Å². The second kappa shape index (κ2) is 11.9. The van der Waals surface area contributed by atoms with E-state index in [1.807, 2.05) is 0 Å². The number of terminal acetylenes is 1. The van der Waals surface area contributed by atoms with Crippen molar-refractivity contribution in [2.75, 3.05) is 7.11 Å². The Morgan fingerprint density at radius 3 is 2.33 bits per heavy atom. The van der Waals surface area contributed by atoms with Crippen LogP contribution in [0, 0.1) is 12.3 Å². The van der Waals surface area contributed by atoms with Crippen molar-refractivity contribution in [3.05, 3.63) is 11.8 Å². The van der Waals surface area contributed by atoms with Crippen LogP contribution in [0.5, 0.6) is 0 Å². The Morgan fingerprint density at radius 2 is 1.83 bits per heavy atom. The summed E-state index contributed by atoms with van der Waals surface area (Å²) in [5.74, 6) is 0.784. The van der Waals surface area contributed by atoms with E-state index < -0.39 is 37.4 Å². The predicted octanol–water partition coefficient (Wildman–Crippen LogP) is 4.45. The van der Waals surface area contributed by atoms with Gasteiger partial charge in [-0.3, -0.25) is 19.3 Å². The summed E-state index contributed by atoms with van der Waals surface area (Å²) in [5.41, 5.74) is 0. The molecule has 1 rings (SSSR count). The summed E-state index contributed by atoms with van der Waals surface area (Å²) < 4.78 is 1.98. The number of imide groups is 1. The lowest BCUT2D eigenvalue weighted by Crippen LogP contribution is -2.52. The van der Waals surface area contributed by atoms with Crippen LogP contribution >= 0.6 is 69.6 Å². The summed E-state index contributed by atoms with van der Waals surface area (Å²) in [6.45, 7) is 0. The van der Waals surface area contributed by atoms with Crippen LogP contribution in [0.1, 0.15) is 38.5 Å². The summed E-state index contributed by atoms with van der Waals surface area (Å²) in [6.07, 6.45) is 6.63. The third-order valence-electron chi connectivity index (χ3n) is 4.16. The number of nitrogens with zero attached hydrogens (tertiary/aromatic N) is 1. The van der Waals surface area contributed by atoms with E-state index in [0.29, 0.717) is 0 Å². The number of methoxy groups -OCH3 is 1. The fourth-order valence-electron chi connectivity index (χ4n) is 2.78. The second-order valence-electron chi connectivity index (χ2n) is 6.45. The molecule has 1 N–H and O–H groups in total. The Kier molecular flexibility index (Phi) is 10.9. The van der Waals surface area contributed by atoms with Crippen molar-refractivity contribution in [1.82, 2.24) is 10.2 Å². The topological polar surface area (TPSA) is 75.7 Å². The minimum Gasteiger partial charge on any atom is -0.499 e. The largest absolute Gasteiger partial charge is 0.499 e. The van der Waals surface area contributed by atoms with Crippen molar-refractivity contribution in [3.63, 3.8) is 0 Å². The molecule has 0 aromatic heterocycles. The zero-order valence-corrected chi connectivity index (χ0v) is 20.4. The highest BCUT2D eigenvalue weighted by Gasteiger charge is 2.42. The molecule has 1 heterocycles. The summed E-state index contributed by atoms with van der Waals surface area (Å²) >= 11 is 34.8. The van der Waals surface area contributed by atoms with E-state index in [1.165, 1.54) is 13.2 Å². The maximum atomic E-state index is 13.2. The highest BCUT2D eigenvalue weighted by atomic mass is 35.6. The lowest BCUT2D eigenvalue weighted by Gasteiger charge is -2.30. The summed E-state index contributed by atoms with van der Waals surface area (Å²) in [6, 6.07) is -1.93. The molecule has 0 saturated heterocycles. The molecule has 30 heavy (non-hydrogen) atoms. The summed E-state index contributed by atoms with van der Waals surface area (Å²) in [7, 11) is 1.36. The van der Waals surface area contributed by atoms with Gasteiger partial charge in [0.15, 0.2) is 7.59 Å². The van der Waals surface area contributed by atoms with Crippen molar-refractivity contribution in [1.29, 1.82) is 0 Å². The number of carbonyl (C=O) groups excluding carboxylic acids is 3. The minimum atomic E-state index is -1.65. The molecule has 0 aromatic rings. The van der Waals surface area contributed by atoms with Crippen LogP contribution in [0.15, 0.2) is 11.8 Å². The zero-order chi connectivity index (χ0) is 23.1. The lowest BCUT2D eigenvalue weighted by molar-refractivity contribution is -0.146. The van der Waals surface area contributed by atoms with Gasteiger partial charge in [0, 0.05) is 18.9 Å². The van der Waals surface area contributed by atoms with E-state index in [2.05, 4.69) is 11.2 Å². The second-order valence-corrected chi connectivity index (χ2v) is 11.5. The van der Waals surface area contributed by atoms with E-state index in [9.17, 15) is 14.4 Å². The van der Waals surface area contributed by atoms with Gasteiger partial charge in [-0.2, -0.15) is 0 Å². The van der Waals surface area contributed by atoms with Gasteiger partial charge < -0.3 is 10.1 Å². The maximum Gasteiger partial charge on any atom is 0.257 e. The van der Waals surface area contributed by atoms with Gasteiger partial charge in [-0.25, -0.2) is 0 Å². The van der Waals surface area contributed by atoms with E-state index in [4.69, 9.17) is 80.8 Å². The molecule has 0 bridgehead atoms. The first kappa shape index (κ1) is 27.5. The van der Waals surface area contributed by atoms with Gasteiger partial charge in [-0.05, 0) is 25.7 Å². The van der Waals surface area contributed by atoms with E-state index >= 15 is 0 Å². The van der Waals surface area contributed by atoms with Crippen molar-refractivity contribution in [2.24, 2.45) is 0 Å². The standard InChI is InChI=1S/C18H20Cl6N2O4/c1-3-4-5-14(27)25-11(6-8-17(19,20)21)16(29)26-12(7-9-18(22,23)24)13(30-2)10-15(26)28/h1,10-12H,4-9H2,2H3,(H,25,27)/t11-,12+/m0/s1. The van der Waals surface area contributed by atoms with Crippen LogP contribution < -0.4 is 5.32 Å². The zero-order valence-electron chi connectivity index (χ0n) is 15.9. The van der Waals surface area contributed by atoms with Gasteiger partial charge in [0.25, 0.3) is 11.8 Å². The number of halogens is 6. The highest BCUT2D eigenvalue weighted by molar-refractivity contribution is 6.67. The molecule has 6 nitrogen and oxygen atoms in total. The Bertz CT molecular complexity index is 724. The monoisotopic (exact) mass is 538 g/mol. The summed E-state index contributed by atoms with van der Waals surface area (Å²) in [4.78, 5) is 38.8. The first-order chi connectivity index (χ1) is 13.8. The van der Waals surface area contributed by atoms with Gasteiger partial charge in [0.1, 0.15) is 11.8 Å². The van der Waals surface area contributed by atoms with E-state index in [-0.39, 0.29) is 44.3 Å². The molecule has 0 spiro atoms. The van der Waals surface area contributed by atoms with E-state index in [0.717, 1.165) is 4.90 Å². The Labute approximate surface area is 205 Å². The Balaban J connectivity index is 3.08. The Morgan fingerprint density at radius 1 is 1.23 bits per heavy atom. The normalized spacial score (nSPS) is 17.9. The molecular weight excluding hydrogens is 521 g/mol. The quantitative estimate of drug-likeness (QED) is 0.346. The number of amides is 3. The van der Waals surface area contributed by atoms with Crippen LogP contribution in [0.3, 0.4) is 0 Å². The molecular formula is C18H20Cl6N2O4. The van der Waals surface area contributed by atoms with Crippen LogP contribution in [0.25, 0.3) is 0 Å². The maximum absolute atomic E-state index is 13.2. The van der Waals surface area contributed by atoms with Crippen molar-refractivity contribution in [2.45, 2.75) is 58.2 Å². The number of carbonyl (C=O) groups is 3. The molecule has 12 heteroatoms. The van der Waals surface area contributed by atoms with E-state index in [1.54, 1.807) is 0 Å². The third-order valence-corrected chi connectivity index (χ3v) is 5.30. The van der Waals surface area contributed by atoms with Crippen LogP contribution in [0.2, 0.25) is 0 Å². The molecule has 0 aromatic carbocycles. The number of hydrogen-bond acceptors (Lipinski definition) is 4. The number of nitrogens with one attached hydrogen (secondary N) is 1. The molecule has 0 radical (unpaired) electrons. The van der Waals surface area contributed by atoms with Crippen LogP contribution in [-0.2, 0) is 19.1 Å². The smallest absolute Gasteiger partial charge is 0.257 e. The number of alkyl halides is 6. The molecule has 0 unspecified atom stereocenters. The first-order valence-electron chi connectivity index (χ1n) is 8.78. The van der Waals surface area contributed by atoms with Gasteiger partial charge in [-0.15, -0.1) is 12.3 Å². The van der Waals surface area contributed by atoms with Gasteiger partial charge in [-0.1, -0.05) is 69.6 Å². The van der Waals surface area contributed by atoms with Crippen LogP contribution in [0.4, 0.5) is 0 Å². The van der Waals surface area contributed by atoms with Crippen LogP contribution in [-0.4, -0.2) is 49.4 Å². The Hall–Kier alpha value is -0.550. The number of ether oxygens (including phenoxy) is 1. The van der Waals surface area contributed by atoms with Crippen molar-refractivity contribution >= 4 is 87.3 Å². The lowest BCUT2D eigenvalue weighted by atomic mass is 10.1. The SMILES string of the molecule is C#CCCC(=O)N[C@@H](CCC(Cl)(Cl)Cl)C(=O)N1C(=O)C=C(OC)[C@H]1CCC(Cl)(Cl)Cl. The molecule has 0 fully saturated rings. The molecule has 3 amide bonds. The average molecular weight is 541 g/mol.